The van der Waals surface area contributed by atoms with Gasteiger partial charge in [0, 0.05) is 32.6 Å². The smallest absolute Gasteiger partial charge is 0.756 e. The molecule has 0 aliphatic carbocycles. The summed E-state index contributed by atoms with van der Waals surface area (Å²) in [6.07, 6.45) is -1.44. The van der Waals surface area contributed by atoms with Crippen molar-refractivity contribution in [3.8, 4) is 0 Å². The summed E-state index contributed by atoms with van der Waals surface area (Å²) in [6.45, 7) is 5.50. The lowest BCUT2D eigenvalue weighted by Gasteiger charge is -2.34. The number of unbranched alkanes of at least 4 members (excludes halogenated alkanes) is 1. The molecule has 0 radical (unpaired) electrons. The number of phosphoric acid groups is 1. The zero-order valence-corrected chi connectivity index (χ0v) is 30.3. The molecule has 2 aliphatic heterocycles. The minimum Gasteiger partial charge on any atom is -0.756 e. The fourth-order valence-electron chi connectivity index (χ4n) is 5.28. The quantitative estimate of drug-likeness (QED) is 0.0686. The van der Waals surface area contributed by atoms with Crippen LogP contribution in [-0.2, 0) is 53.4 Å². The highest BCUT2D eigenvalue weighted by Gasteiger charge is 2.51. The molecule has 19 nitrogen and oxygen atoms in total. The second-order valence-corrected chi connectivity index (χ2v) is 13.6. The molecule has 0 saturated carbocycles. The summed E-state index contributed by atoms with van der Waals surface area (Å²) < 4.78 is 56.9. The SMILES string of the molecule is NCCCOCCOCCOCCOCCOCCCCC(=O)CCCn1c(N)nc2c(nc(Br)n2[C@@H]2OC3COP(=O)([O-])O[C@H]3C2O)c1=O.[H+]. The van der Waals surface area contributed by atoms with Crippen molar-refractivity contribution in [1.82, 2.24) is 19.1 Å². The number of hydrogen-bond acceptors (Lipinski definition) is 17. The highest BCUT2D eigenvalue weighted by molar-refractivity contribution is 9.10. The number of hydrogen-bond donors (Lipinski definition) is 3. The Morgan fingerprint density at radius 2 is 1.54 bits per heavy atom. The summed E-state index contributed by atoms with van der Waals surface area (Å²) >= 11 is 3.27. The van der Waals surface area contributed by atoms with Gasteiger partial charge in [0.05, 0.1) is 59.5 Å². The number of fused-ring (bicyclic) bond motifs is 2. The minimum absolute atomic E-state index is 0. The summed E-state index contributed by atoms with van der Waals surface area (Å²) in [5.41, 5.74) is 11.0. The third-order valence-electron chi connectivity index (χ3n) is 7.81. The van der Waals surface area contributed by atoms with Crippen LogP contribution in [0.2, 0.25) is 0 Å². The molecule has 21 heteroatoms. The van der Waals surface area contributed by atoms with E-state index in [1.54, 1.807) is 0 Å². The Hall–Kier alpha value is -1.91. The number of carbonyl (C=O) groups is 1. The van der Waals surface area contributed by atoms with E-state index in [-0.39, 0.29) is 48.6 Å². The van der Waals surface area contributed by atoms with Crippen LogP contribution in [0.4, 0.5) is 5.95 Å². The van der Waals surface area contributed by atoms with Crippen molar-refractivity contribution in [2.45, 2.75) is 69.6 Å². The van der Waals surface area contributed by atoms with E-state index in [1.165, 1.54) is 9.13 Å². The zero-order valence-electron chi connectivity index (χ0n) is 28.9. The van der Waals surface area contributed by atoms with Gasteiger partial charge in [-0.1, -0.05) is 0 Å². The highest BCUT2D eigenvalue weighted by Crippen LogP contribution is 2.50. The number of nitrogens with two attached hydrogens (primary N) is 2. The van der Waals surface area contributed by atoms with E-state index in [2.05, 4.69) is 30.4 Å². The van der Waals surface area contributed by atoms with E-state index in [0.717, 1.165) is 12.8 Å². The normalized spacial score (nSPS) is 23.5. The molecular formula is C29H48BrN6O13P. The summed E-state index contributed by atoms with van der Waals surface area (Å²) in [6, 6.07) is 0. The van der Waals surface area contributed by atoms with Gasteiger partial charge in [0.1, 0.15) is 24.1 Å². The van der Waals surface area contributed by atoms with E-state index < -0.39 is 37.9 Å². The Morgan fingerprint density at radius 3 is 2.16 bits per heavy atom. The van der Waals surface area contributed by atoms with Crippen LogP contribution in [0.5, 0.6) is 0 Å². The fourth-order valence-corrected chi connectivity index (χ4v) is 6.78. The maximum Gasteiger partial charge on any atom is 1.00 e. The van der Waals surface area contributed by atoms with E-state index >= 15 is 0 Å². The monoisotopic (exact) mass is 798 g/mol. The predicted molar refractivity (Wildman–Crippen MR) is 179 cm³/mol. The topological polar surface area (TPSA) is 256 Å². The minimum atomic E-state index is -4.58. The van der Waals surface area contributed by atoms with Gasteiger partial charge in [0.25, 0.3) is 13.4 Å². The average Bonchev–Trinajstić information content (AvgIpc) is 3.57. The van der Waals surface area contributed by atoms with Crippen LogP contribution < -0.4 is 21.9 Å². The number of aliphatic hydroxyl groups excluding tert-OH is 1. The van der Waals surface area contributed by atoms with Gasteiger partial charge in [0.2, 0.25) is 5.95 Å². The number of aliphatic hydroxyl groups is 1. The summed E-state index contributed by atoms with van der Waals surface area (Å²) in [7, 11) is -4.58. The van der Waals surface area contributed by atoms with Crippen LogP contribution in [0.25, 0.3) is 11.2 Å². The van der Waals surface area contributed by atoms with Gasteiger partial charge in [-0.05, 0) is 48.2 Å². The number of nitrogens with zero attached hydrogens (tertiary/aromatic N) is 4. The molecule has 5 atom stereocenters. The first-order valence-electron chi connectivity index (χ1n) is 16.6. The predicted octanol–water partition coefficient (Wildman–Crippen LogP) is 0.144. The number of ether oxygens (including phenoxy) is 6. The summed E-state index contributed by atoms with van der Waals surface area (Å²) in [5.74, 6) is -0.0583. The number of rotatable bonds is 25. The van der Waals surface area contributed by atoms with Crippen LogP contribution in [0.1, 0.15) is 46.2 Å². The van der Waals surface area contributed by atoms with Gasteiger partial charge in [-0.25, -0.2) is 4.98 Å². The molecule has 2 aromatic rings. The van der Waals surface area contributed by atoms with Crippen molar-refractivity contribution < 1.29 is 58.3 Å². The molecule has 2 fully saturated rings. The molecule has 5 N–H and O–H groups in total. The molecular weight excluding hydrogens is 751 g/mol. The lowest BCUT2D eigenvalue weighted by molar-refractivity contribution is -0.245. The molecule has 0 bridgehead atoms. The molecule has 0 aromatic carbocycles. The molecule has 50 heavy (non-hydrogen) atoms. The van der Waals surface area contributed by atoms with Gasteiger partial charge in [-0.2, -0.15) is 4.98 Å². The lowest BCUT2D eigenvalue weighted by Crippen LogP contribution is -2.41. The van der Waals surface area contributed by atoms with Crippen LogP contribution in [0, 0.1) is 0 Å². The third-order valence-corrected chi connectivity index (χ3v) is 9.34. The number of Topliss-reactive ketones (excluding diaryl/α,β-unsaturated/α-hetero) is 1. The van der Waals surface area contributed by atoms with E-state index in [0.29, 0.717) is 91.9 Å². The molecule has 2 aliphatic rings. The van der Waals surface area contributed by atoms with E-state index in [9.17, 15) is 24.2 Å². The summed E-state index contributed by atoms with van der Waals surface area (Å²) in [4.78, 5) is 46.0. The molecule has 4 rings (SSSR count). The first-order chi connectivity index (χ1) is 24.1. The average molecular weight is 800 g/mol. The van der Waals surface area contributed by atoms with Crippen LogP contribution in [0.3, 0.4) is 0 Å². The van der Waals surface area contributed by atoms with E-state index in [4.69, 9.17) is 44.4 Å². The molecule has 284 valence electrons. The van der Waals surface area contributed by atoms with Crippen molar-refractivity contribution in [3.63, 3.8) is 0 Å². The van der Waals surface area contributed by atoms with Gasteiger partial charge in [-0.15, -0.1) is 0 Å². The number of carbonyl (C=O) groups excluding carboxylic acids is 1. The number of phosphoric ester groups is 1. The van der Waals surface area contributed by atoms with Gasteiger partial charge in [0.15, 0.2) is 22.1 Å². The van der Waals surface area contributed by atoms with Gasteiger partial charge in [-0.3, -0.25) is 23.3 Å². The lowest BCUT2D eigenvalue weighted by atomic mass is 10.1. The number of anilines is 1. The maximum absolute atomic E-state index is 13.3. The second-order valence-electron chi connectivity index (χ2n) is 11.5. The van der Waals surface area contributed by atoms with Crippen molar-refractivity contribution in [2.75, 3.05) is 85.0 Å². The molecule has 2 saturated heterocycles. The Balaban J connectivity index is 0.00000702. The van der Waals surface area contributed by atoms with Gasteiger partial charge < -0.3 is 58.9 Å². The number of imidazole rings is 1. The number of ketones is 1. The van der Waals surface area contributed by atoms with Crippen molar-refractivity contribution >= 4 is 46.6 Å². The third kappa shape index (κ3) is 12.1. The number of aromatic nitrogens is 4. The maximum atomic E-state index is 13.3. The Bertz CT molecular complexity index is 1470. The highest BCUT2D eigenvalue weighted by atomic mass is 79.9. The van der Waals surface area contributed by atoms with Crippen LogP contribution in [0.15, 0.2) is 9.53 Å². The van der Waals surface area contributed by atoms with Gasteiger partial charge >= 0.3 is 1.43 Å². The Kier molecular flexibility index (Phi) is 17.1. The summed E-state index contributed by atoms with van der Waals surface area (Å²) in [5, 5.41) is 10.8. The molecule has 2 aromatic heterocycles. The number of halogens is 1. The van der Waals surface area contributed by atoms with Crippen molar-refractivity contribution in [1.29, 1.82) is 0 Å². The molecule has 0 amide bonds. The standard InChI is InChI=1S/C29H48BrN6O13P/c30-28-33-22-25(36(28)27-23(38)24-21(48-27)19-47-50(40,41)49-24)34-29(32)35(26(22)39)8-3-6-20(37)5-1-2-9-42-11-13-44-15-17-46-18-16-45-14-12-43-10-4-7-31/h21,23-24,27,38H,1-19,31H2,(H2,32,34)(H,40,41)/t21?,23?,24-,27-/m1/s1. The van der Waals surface area contributed by atoms with Crippen LogP contribution in [-0.4, -0.2) is 128 Å². The first-order valence-corrected chi connectivity index (χ1v) is 18.9. The molecule has 3 unspecified atom stereocenters. The Labute approximate surface area is 299 Å². The second kappa shape index (κ2) is 21.0. The van der Waals surface area contributed by atoms with E-state index in [1.807, 2.05) is 0 Å². The van der Waals surface area contributed by atoms with Crippen LogP contribution >= 0.6 is 23.8 Å². The Morgan fingerprint density at radius 1 is 0.960 bits per heavy atom. The molecule has 4 heterocycles. The largest absolute Gasteiger partial charge is 1.00 e. The molecule has 0 spiro atoms. The fraction of sp³-hybridized carbons (Fsp3) is 0.793. The van der Waals surface area contributed by atoms with Crippen molar-refractivity contribution in [2.24, 2.45) is 5.73 Å². The number of nitrogen functional groups attached to an aromatic ring is 1. The first kappa shape index (κ1) is 40.9. The van der Waals surface area contributed by atoms with Crippen molar-refractivity contribution in [3.05, 3.63) is 15.1 Å². The zero-order chi connectivity index (χ0) is 35.9.